The van der Waals surface area contributed by atoms with Gasteiger partial charge in [-0.15, -0.1) is 0 Å². The lowest BCUT2D eigenvalue weighted by Gasteiger charge is -2.31. The Bertz CT molecular complexity index is 592. The van der Waals surface area contributed by atoms with Gasteiger partial charge in [-0.05, 0) is 43.0 Å². The predicted octanol–water partition coefficient (Wildman–Crippen LogP) is 1.63. The third-order valence-electron chi connectivity index (χ3n) is 3.05. The van der Waals surface area contributed by atoms with E-state index in [1.54, 1.807) is 18.6 Å². The van der Waals surface area contributed by atoms with Crippen molar-refractivity contribution in [3.8, 4) is 0 Å². The normalized spacial score (nSPS) is 16.3. The largest absolute Gasteiger partial charge is 0.468 e. The van der Waals surface area contributed by atoms with Gasteiger partial charge < -0.3 is 13.7 Å². The summed E-state index contributed by atoms with van der Waals surface area (Å²) >= 11 is 0. The molecule has 8 heteroatoms. The Morgan fingerprint density at radius 1 is 1.32 bits per heavy atom. The first-order chi connectivity index (χ1) is 10.7. The molecule has 0 spiro atoms. The topological polar surface area (TPSA) is 52.9 Å². The molecule has 5 nitrogen and oxygen atoms in total. The molecule has 1 aliphatic heterocycles. The van der Waals surface area contributed by atoms with E-state index in [0.717, 1.165) is 10.9 Å². The van der Waals surface area contributed by atoms with E-state index < -0.39 is 21.4 Å². The number of allylic oxidation sites excluding steroid dienone is 4. The van der Waals surface area contributed by atoms with E-state index in [1.165, 1.54) is 0 Å². The molecule has 0 bridgehead atoms. The van der Waals surface area contributed by atoms with Crippen molar-refractivity contribution in [1.29, 1.82) is 0 Å². The number of hydrogen-bond donors (Lipinski definition) is 0. The Balaban J connectivity index is 2.25. The van der Waals surface area contributed by atoms with Gasteiger partial charge in [0.1, 0.15) is 0 Å². The van der Waals surface area contributed by atoms with Gasteiger partial charge in [-0.25, -0.2) is 0 Å². The molecule has 0 unspecified atom stereocenters. The summed E-state index contributed by atoms with van der Waals surface area (Å²) in [4.78, 5) is 7.85. The maximum Gasteiger partial charge on any atom is 0.468 e. The van der Waals surface area contributed by atoms with E-state index >= 15 is 0 Å². The minimum absolute atomic E-state index is 0.587. The molecule has 1 aliphatic rings. The number of pyridine rings is 1. The molecule has 0 saturated carbocycles. The Labute approximate surface area is 132 Å². The maximum absolute atomic E-state index is 5.84. The SMILES string of the molecule is C=N/C=C(\C)B1OB(C(=C)/C=C\C)OB(c2cccnc2)O1. The summed E-state index contributed by atoms with van der Waals surface area (Å²) in [5.74, 6) is 0. The summed E-state index contributed by atoms with van der Waals surface area (Å²) in [7, 11) is -1.78. The van der Waals surface area contributed by atoms with Crippen molar-refractivity contribution >= 4 is 33.5 Å². The van der Waals surface area contributed by atoms with E-state index in [9.17, 15) is 0 Å². The Morgan fingerprint density at radius 3 is 2.73 bits per heavy atom. The van der Waals surface area contributed by atoms with Crippen LogP contribution in [0.3, 0.4) is 0 Å². The average Bonchev–Trinajstić information content (AvgIpc) is 2.55. The zero-order valence-corrected chi connectivity index (χ0v) is 12.8. The Morgan fingerprint density at radius 2 is 2.09 bits per heavy atom. The molecule has 22 heavy (non-hydrogen) atoms. The van der Waals surface area contributed by atoms with Gasteiger partial charge in [0.2, 0.25) is 0 Å². The molecule has 0 atom stereocenters. The first-order valence-corrected chi connectivity index (χ1v) is 6.96. The van der Waals surface area contributed by atoms with Crippen molar-refractivity contribution < 1.29 is 13.7 Å². The third kappa shape index (κ3) is 4.07. The summed E-state index contributed by atoms with van der Waals surface area (Å²) in [6.45, 7) is 11.2. The quantitative estimate of drug-likeness (QED) is 0.470. The van der Waals surface area contributed by atoms with Gasteiger partial charge in [0.05, 0.1) is 0 Å². The van der Waals surface area contributed by atoms with Crippen molar-refractivity contribution in [2.75, 3.05) is 0 Å². The van der Waals surface area contributed by atoms with Crippen molar-refractivity contribution in [3.63, 3.8) is 0 Å². The van der Waals surface area contributed by atoms with E-state index in [2.05, 4.69) is 23.3 Å². The van der Waals surface area contributed by atoms with Crippen LogP contribution in [0.15, 0.2) is 65.4 Å². The molecule has 0 radical (unpaired) electrons. The van der Waals surface area contributed by atoms with Crippen LogP contribution in [-0.2, 0) is 13.7 Å². The molecule has 0 aliphatic carbocycles. The first-order valence-electron chi connectivity index (χ1n) is 6.96. The molecular weight excluding hydrogens is 277 g/mol. The number of hydrogen-bond acceptors (Lipinski definition) is 5. The lowest BCUT2D eigenvalue weighted by atomic mass is 9.61. The molecule has 110 valence electrons. The number of nitrogens with zero attached hydrogens (tertiary/aromatic N) is 2. The Kier molecular flexibility index (Phi) is 5.95. The fourth-order valence-electron chi connectivity index (χ4n) is 1.99. The van der Waals surface area contributed by atoms with Crippen LogP contribution < -0.4 is 5.46 Å². The number of aliphatic imine (C=N–C) groups is 1. The predicted molar refractivity (Wildman–Crippen MR) is 91.6 cm³/mol. The van der Waals surface area contributed by atoms with Crippen LogP contribution in [0.1, 0.15) is 13.8 Å². The number of aromatic nitrogens is 1. The highest BCUT2D eigenvalue weighted by molar-refractivity contribution is 6.83. The molecule has 1 aromatic heterocycles. The Hall–Kier alpha value is -1.89. The lowest BCUT2D eigenvalue weighted by molar-refractivity contribution is 0.302. The molecular formula is C14H17B3N2O3. The summed E-state index contributed by atoms with van der Waals surface area (Å²) in [6.07, 6.45) is 8.73. The van der Waals surface area contributed by atoms with Crippen LogP contribution in [0.25, 0.3) is 0 Å². The van der Waals surface area contributed by atoms with Crippen molar-refractivity contribution in [1.82, 2.24) is 4.98 Å². The zero-order valence-electron chi connectivity index (χ0n) is 12.8. The standard InChI is InChI=1S/C14H17B3N2O3/c1-5-7-12(2)15-20-16(13(3)10-18-4)22-17(21-15)14-8-6-9-19-11-14/h5-11H,2,4H2,1,3H3/b7-5-,13-10+. The first kappa shape index (κ1) is 16.5. The van der Waals surface area contributed by atoms with E-state index in [-0.39, 0.29) is 0 Å². The van der Waals surface area contributed by atoms with Crippen LogP contribution in [-0.4, -0.2) is 33.1 Å². The molecule has 2 rings (SSSR count). The molecule has 1 fully saturated rings. The lowest BCUT2D eigenvalue weighted by Crippen LogP contribution is -2.55. The molecule has 2 heterocycles. The third-order valence-corrected chi connectivity index (χ3v) is 3.05. The fraction of sp³-hybridized carbons (Fsp3) is 0.143. The minimum atomic E-state index is -0.603. The van der Waals surface area contributed by atoms with Gasteiger partial charge in [-0.1, -0.05) is 24.8 Å². The second kappa shape index (κ2) is 7.94. The van der Waals surface area contributed by atoms with E-state index in [1.807, 2.05) is 38.1 Å². The maximum atomic E-state index is 5.84. The minimum Gasteiger partial charge on any atom is -0.445 e. The summed E-state index contributed by atoms with van der Waals surface area (Å²) in [6, 6.07) is 3.72. The highest BCUT2D eigenvalue weighted by atomic mass is 16.7. The summed E-state index contributed by atoms with van der Waals surface area (Å²) in [5.41, 5.74) is 2.32. The zero-order chi connectivity index (χ0) is 15.9. The average molecular weight is 294 g/mol. The highest BCUT2D eigenvalue weighted by Gasteiger charge is 2.43. The summed E-state index contributed by atoms with van der Waals surface area (Å²) in [5, 5.41) is 0. The van der Waals surface area contributed by atoms with Crippen LogP contribution >= 0.6 is 0 Å². The van der Waals surface area contributed by atoms with Crippen LogP contribution in [0.5, 0.6) is 0 Å². The van der Waals surface area contributed by atoms with Crippen molar-refractivity contribution in [2.24, 2.45) is 4.99 Å². The van der Waals surface area contributed by atoms with Crippen LogP contribution in [0.4, 0.5) is 0 Å². The van der Waals surface area contributed by atoms with Gasteiger partial charge in [-0.2, -0.15) is 0 Å². The van der Waals surface area contributed by atoms with Crippen LogP contribution in [0, 0.1) is 0 Å². The second-order valence-corrected chi connectivity index (χ2v) is 4.82. The van der Waals surface area contributed by atoms with Gasteiger partial charge in [0.25, 0.3) is 0 Å². The van der Waals surface area contributed by atoms with E-state index in [0.29, 0.717) is 5.47 Å². The smallest absolute Gasteiger partial charge is 0.445 e. The summed E-state index contributed by atoms with van der Waals surface area (Å²) < 4.78 is 17.5. The van der Waals surface area contributed by atoms with Gasteiger partial charge in [0, 0.05) is 18.6 Å². The van der Waals surface area contributed by atoms with E-state index in [4.69, 9.17) is 13.7 Å². The van der Waals surface area contributed by atoms with Crippen molar-refractivity contribution in [2.45, 2.75) is 13.8 Å². The van der Waals surface area contributed by atoms with Gasteiger partial charge >= 0.3 is 21.4 Å². The molecule has 0 N–H and O–H groups in total. The second-order valence-electron chi connectivity index (χ2n) is 4.82. The number of rotatable bonds is 5. The van der Waals surface area contributed by atoms with Gasteiger partial charge in [-0.3, -0.25) is 9.98 Å². The molecule has 1 saturated heterocycles. The molecule has 0 amide bonds. The molecule has 1 aromatic rings. The van der Waals surface area contributed by atoms with Crippen molar-refractivity contribution in [3.05, 3.63) is 60.4 Å². The molecule has 0 aromatic carbocycles. The fourth-order valence-corrected chi connectivity index (χ4v) is 1.99. The van der Waals surface area contributed by atoms with Gasteiger partial charge in [0.15, 0.2) is 0 Å². The monoisotopic (exact) mass is 294 g/mol. The highest BCUT2D eigenvalue weighted by Crippen LogP contribution is 2.18. The van der Waals surface area contributed by atoms with Crippen LogP contribution in [0.2, 0.25) is 0 Å².